The van der Waals surface area contributed by atoms with E-state index in [9.17, 15) is 4.79 Å². The molecule has 2 saturated carbocycles. The summed E-state index contributed by atoms with van der Waals surface area (Å²) >= 11 is 0. The van der Waals surface area contributed by atoms with Crippen LogP contribution in [0, 0.1) is 23.2 Å². The predicted molar refractivity (Wildman–Crippen MR) is 127 cm³/mol. The van der Waals surface area contributed by atoms with Crippen molar-refractivity contribution in [3.05, 3.63) is 83.9 Å². The van der Waals surface area contributed by atoms with Crippen LogP contribution in [0.2, 0.25) is 0 Å². The maximum Gasteiger partial charge on any atom is 0.315 e. The number of quaternary nitrogens is 1. The van der Waals surface area contributed by atoms with E-state index in [-0.39, 0.29) is 23.4 Å². The first-order valence-corrected chi connectivity index (χ1v) is 12.3. The molecule has 5 atom stereocenters. The lowest BCUT2D eigenvalue weighted by atomic mass is 9.55. The number of hydrogen-bond donors (Lipinski definition) is 1. The standard InChI is InChI=1S/C29H35NO2/c1-21-10-9-15-29(2)17-27-24(16-26(21)29)25(28(31)32-27)20-30(18-22-11-5-3-6-12-22)19-23-13-7-4-8-14-23/h3-8,11-14,24-27H,1,9-10,15-20H2,2H3/p+1/t24-,25-,26-,27-,29-/m1/s1. The Hall–Kier alpha value is -2.39. The SMILES string of the molecule is C=C1CCC[C@]2(C)C[C@H]3OC(=O)[C@H](C[NH+](Cc4ccccc4)Cc4ccccc4)[C@H]3C[C@H]12. The number of allylic oxidation sites excluding steroid dienone is 1. The number of ether oxygens (including phenoxy) is 1. The zero-order chi connectivity index (χ0) is 22.1. The molecule has 3 fully saturated rings. The monoisotopic (exact) mass is 430 g/mol. The van der Waals surface area contributed by atoms with E-state index in [0.29, 0.717) is 11.8 Å². The lowest BCUT2D eigenvalue weighted by Crippen LogP contribution is -3.10. The van der Waals surface area contributed by atoms with Gasteiger partial charge in [0.25, 0.3) is 0 Å². The minimum Gasteiger partial charge on any atom is -0.462 e. The van der Waals surface area contributed by atoms with Gasteiger partial charge in [0.2, 0.25) is 0 Å². The molecule has 5 rings (SSSR count). The van der Waals surface area contributed by atoms with Gasteiger partial charge in [-0.05, 0) is 43.4 Å². The minimum absolute atomic E-state index is 0.0123. The van der Waals surface area contributed by atoms with Gasteiger partial charge < -0.3 is 9.64 Å². The third kappa shape index (κ3) is 4.28. The van der Waals surface area contributed by atoms with E-state index in [4.69, 9.17) is 4.74 Å². The summed E-state index contributed by atoms with van der Waals surface area (Å²) in [4.78, 5) is 14.5. The normalized spacial score (nSPS) is 31.8. The Morgan fingerprint density at radius 2 is 1.66 bits per heavy atom. The van der Waals surface area contributed by atoms with Crippen molar-refractivity contribution in [2.24, 2.45) is 23.2 Å². The smallest absolute Gasteiger partial charge is 0.315 e. The Labute approximate surface area is 192 Å². The molecular formula is C29H36NO2+. The summed E-state index contributed by atoms with van der Waals surface area (Å²) in [6.45, 7) is 9.52. The molecule has 0 unspecified atom stereocenters. The van der Waals surface area contributed by atoms with Crippen LogP contribution in [0.15, 0.2) is 72.8 Å². The molecule has 3 aliphatic rings. The molecule has 0 aromatic heterocycles. The molecule has 2 aromatic carbocycles. The molecule has 2 aromatic rings. The molecule has 0 amide bonds. The van der Waals surface area contributed by atoms with E-state index in [1.54, 1.807) is 0 Å². The number of benzene rings is 2. The third-order valence-corrected chi connectivity index (χ3v) is 8.42. The van der Waals surface area contributed by atoms with Crippen LogP contribution in [0.3, 0.4) is 0 Å². The summed E-state index contributed by atoms with van der Waals surface area (Å²) in [7, 11) is 0. The zero-order valence-corrected chi connectivity index (χ0v) is 19.3. The van der Waals surface area contributed by atoms with Crippen molar-refractivity contribution >= 4 is 5.97 Å². The number of fused-ring (bicyclic) bond motifs is 2. The van der Waals surface area contributed by atoms with E-state index in [1.807, 2.05) is 0 Å². The second kappa shape index (κ2) is 8.86. The van der Waals surface area contributed by atoms with Gasteiger partial charge in [0.15, 0.2) is 0 Å². The predicted octanol–water partition coefficient (Wildman–Crippen LogP) is 4.59. The van der Waals surface area contributed by atoms with Gasteiger partial charge in [-0.15, -0.1) is 0 Å². The number of carbonyl (C=O) groups excluding carboxylic acids is 1. The van der Waals surface area contributed by atoms with E-state index < -0.39 is 0 Å². The first-order chi connectivity index (χ1) is 15.5. The van der Waals surface area contributed by atoms with Crippen LogP contribution >= 0.6 is 0 Å². The molecule has 1 heterocycles. The summed E-state index contributed by atoms with van der Waals surface area (Å²) in [5.74, 6) is 0.895. The number of nitrogens with one attached hydrogen (secondary N) is 1. The van der Waals surface area contributed by atoms with Gasteiger partial charge in [-0.25, -0.2) is 0 Å². The summed E-state index contributed by atoms with van der Waals surface area (Å²) in [5, 5.41) is 0. The Bertz CT molecular complexity index is 914. The highest BCUT2D eigenvalue weighted by Crippen LogP contribution is 2.56. The van der Waals surface area contributed by atoms with Crippen LogP contribution in [0.1, 0.15) is 50.2 Å². The van der Waals surface area contributed by atoms with Gasteiger partial charge in [0.1, 0.15) is 25.1 Å². The van der Waals surface area contributed by atoms with Crippen molar-refractivity contribution in [3.63, 3.8) is 0 Å². The lowest BCUT2D eigenvalue weighted by molar-refractivity contribution is -0.930. The Balaban J connectivity index is 1.36. The highest BCUT2D eigenvalue weighted by Gasteiger charge is 2.56. The third-order valence-electron chi connectivity index (χ3n) is 8.42. The van der Waals surface area contributed by atoms with E-state index in [0.717, 1.165) is 38.9 Å². The van der Waals surface area contributed by atoms with Crippen LogP contribution in [-0.4, -0.2) is 18.6 Å². The van der Waals surface area contributed by atoms with Gasteiger partial charge in [-0.1, -0.05) is 79.7 Å². The molecule has 0 radical (unpaired) electrons. The van der Waals surface area contributed by atoms with Gasteiger partial charge in [-0.2, -0.15) is 0 Å². The molecule has 1 N–H and O–H groups in total. The summed E-state index contributed by atoms with van der Waals surface area (Å²) in [6.07, 6.45) is 5.79. The molecule has 1 aliphatic heterocycles. The van der Waals surface area contributed by atoms with Crippen molar-refractivity contribution < 1.29 is 14.4 Å². The molecule has 2 aliphatic carbocycles. The molecule has 1 saturated heterocycles. The molecule has 3 heteroatoms. The van der Waals surface area contributed by atoms with E-state index in [1.165, 1.54) is 34.4 Å². The van der Waals surface area contributed by atoms with Crippen molar-refractivity contribution in [3.8, 4) is 0 Å². The lowest BCUT2D eigenvalue weighted by Gasteiger charge is -2.50. The van der Waals surface area contributed by atoms with Crippen LogP contribution in [-0.2, 0) is 22.6 Å². The number of rotatable bonds is 6. The molecule has 168 valence electrons. The maximum absolute atomic E-state index is 13.1. The molecule has 0 bridgehead atoms. The molecule has 32 heavy (non-hydrogen) atoms. The maximum atomic E-state index is 13.1. The Morgan fingerprint density at radius 3 is 2.28 bits per heavy atom. The van der Waals surface area contributed by atoms with E-state index in [2.05, 4.69) is 74.2 Å². The first kappa shape index (κ1) is 21.5. The summed E-state index contributed by atoms with van der Waals surface area (Å²) in [6, 6.07) is 21.3. The average Bonchev–Trinajstić information content (AvgIpc) is 3.07. The first-order valence-electron chi connectivity index (χ1n) is 12.3. The van der Waals surface area contributed by atoms with Crippen molar-refractivity contribution in [2.75, 3.05) is 6.54 Å². The molecular weight excluding hydrogens is 394 g/mol. The quantitative estimate of drug-likeness (QED) is 0.537. The average molecular weight is 431 g/mol. The highest BCUT2D eigenvalue weighted by atomic mass is 16.6. The van der Waals surface area contributed by atoms with Crippen LogP contribution in [0.25, 0.3) is 0 Å². The number of hydrogen-bond acceptors (Lipinski definition) is 2. The fraction of sp³-hybridized carbons (Fsp3) is 0.483. The summed E-state index contributed by atoms with van der Waals surface area (Å²) in [5.41, 5.74) is 4.30. The molecule has 0 spiro atoms. The second-order valence-corrected chi connectivity index (χ2v) is 10.7. The fourth-order valence-corrected chi connectivity index (χ4v) is 6.78. The number of esters is 1. The topological polar surface area (TPSA) is 30.7 Å². The minimum atomic E-state index is -0.0123. The van der Waals surface area contributed by atoms with Gasteiger partial charge in [0, 0.05) is 17.0 Å². The fourth-order valence-electron chi connectivity index (χ4n) is 6.78. The van der Waals surface area contributed by atoms with Gasteiger partial charge >= 0.3 is 5.97 Å². The molecule has 3 nitrogen and oxygen atoms in total. The Morgan fingerprint density at radius 1 is 1.03 bits per heavy atom. The summed E-state index contributed by atoms with van der Waals surface area (Å²) < 4.78 is 6.05. The second-order valence-electron chi connectivity index (χ2n) is 10.7. The van der Waals surface area contributed by atoms with E-state index >= 15 is 0 Å². The van der Waals surface area contributed by atoms with Crippen LogP contribution < -0.4 is 4.90 Å². The Kier molecular flexibility index (Phi) is 5.94. The van der Waals surface area contributed by atoms with Gasteiger partial charge in [-0.3, -0.25) is 4.79 Å². The van der Waals surface area contributed by atoms with Crippen LogP contribution in [0.5, 0.6) is 0 Å². The van der Waals surface area contributed by atoms with Gasteiger partial charge in [0.05, 0.1) is 6.54 Å². The van der Waals surface area contributed by atoms with Crippen molar-refractivity contribution in [1.29, 1.82) is 0 Å². The zero-order valence-electron chi connectivity index (χ0n) is 19.3. The van der Waals surface area contributed by atoms with Crippen molar-refractivity contribution in [1.82, 2.24) is 0 Å². The number of carbonyl (C=O) groups is 1. The largest absolute Gasteiger partial charge is 0.462 e. The van der Waals surface area contributed by atoms with Crippen molar-refractivity contribution in [2.45, 2.75) is 58.2 Å². The highest BCUT2D eigenvalue weighted by molar-refractivity contribution is 5.75. The van der Waals surface area contributed by atoms with Crippen LogP contribution in [0.4, 0.5) is 0 Å².